The Bertz CT molecular complexity index is 1070. The predicted octanol–water partition coefficient (Wildman–Crippen LogP) is 3.49. The van der Waals surface area contributed by atoms with E-state index in [-0.39, 0.29) is 11.8 Å². The van der Waals surface area contributed by atoms with Crippen LogP contribution >= 0.6 is 0 Å². The lowest BCUT2D eigenvalue weighted by Gasteiger charge is -2.45. The highest BCUT2D eigenvalue weighted by Crippen LogP contribution is 2.45. The zero-order valence-electron chi connectivity index (χ0n) is 18.3. The second kappa shape index (κ2) is 7.27. The van der Waals surface area contributed by atoms with Crippen LogP contribution in [0.15, 0.2) is 43.1 Å². The van der Waals surface area contributed by atoms with Crippen LogP contribution in [0, 0.1) is 5.92 Å². The van der Waals surface area contributed by atoms with Crippen molar-refractivity contribution in [1.82, 2.24) is 23.9 Å². The first-order valence-corrected chi connectivity index (χ1v) is 11.0. The van der Waals surface area contributed by atoms with Crippen molar-refractivity contribution in [1.29, 1.82) is 0 Å². The Morgan fingerprint density at radius 2 is 2.17 bits per heavy atom. The molecule has 0 saturated carbocycles. The number of fused-ring (bicyclic) bond motifs is 2. The van der Waals surface area contributed by atoms with E-state index >= 15 is 0 Å². The van der Waals surface area contributed by atoms with Gasteiger partial charge in [-0.1, -0.05) is 12.1 Å². The van der Waals surface area contributed by atoms with Crippen molar-refractivity contribution in [2.45, 2.75) is 51.4 Å². The number of hydrogen-bond acceptors (Lipinski definition) is 3. The smallest absolute Gasteiger partial charge is 0.228 e. The van der Waals surface area contributed by atoms with Crippen molar-refractivity contribution in [2.24, 2.45) is 5.92 Å². The average molecular weight is 406 g/mol. The molecule has 1 aliphatic carbocycles. The van der Waals surface area contributed by atoms with Crippen LogP contribution < -0.4 is 0 Å². The number of carbonyl (C=O) groups excluding carboxylic acids is 1. The molecule has 6 heteroatoms. The van der Waals surface area contributed by atoms with Crippen molar-refractivity contribution in [2.75, 3.05) is 20.6 Å². The van der Waals surface area contributed by atoms with E-state index in [1.807, 2.05) is 22.7 Å². The number of carbonyl (C=O) groups is 1. The first-order chi connectivity index (χ1) is 14.4. The summed E-state index contributed by atoms with van der Waals surface area (Å²) in [5.74, 6) is 0.652. The maximum atomic E-state index is 13.3. The predicted molar refractivity (Wildman–Crippen MR) is 118 cm³/mol. The van der Waals surface area contributed by atoms with Gasteiger partial charge in [0.05, 0.1) is 18.9 Å². The fourth-order valence-electron chi connectivity index (χ4n) is 5.68. The van der Waals surface area contributed by atoms with Crippen LogP contribution in [-0.2, 0) is 17.9 Å². The van der Waals surface area contributed by atoms with E-state index in [0.717, 1.165) is 19.4 Å². The maximum Gasteiger partial charge on any atom is 0.228 e. The van der Waals surface area contributed by atoms with Gasteiger partial charge in [-0.05, 0) is 50.9 Å². The van der Waals surface area contributed by atoms with Crippen LogP contribution in [0.2, 0.25) is 0 Å². The van der Waals surface area contributed by atoms with Crippen LogP contribution in [0.5, 0.6) is 0 Å². The molecular formula is C24H31N5O. The summed E-state index contributed by atoms with van der Waals surface area (Å²) < 4.78 is 4.35. The number of nitrogens with zero attached hydrogens (tertiary/aromatic N) is 5. The third-order valence-corrected chi connectivity index (χ3v) is 7.09. The molecule has 30 heavy (non-hydrogen) atoms. The lowest BCUT2D eigenvalue weighted by molar-refractivity contribution is -0.138. The Labute approximate surface area is 178 Å². The third-order valence-electron chi connectivity index (χ3n) is 7.09. The summed E-state index contributed by atoms with van der Waals surface area (Å²) in [5.41, 5.74) is 4.23. The van der Waals surface area contributed by atoms with Gasteiger partial charge in [-0.2, -0.15) is 0 Å². The monoisotopic (exact) mass is 405 g/mol. The number of hydrogen-bond donors (Lipinski definition) is 0. The number of benzene rings is 1. The normalized spacial score (nSPS) is 23.7. The summed E-state index contributed by atoms with van der Waals surface area (Å²) in [4.78, 5) is 21.6. The summed E-state index contributed by atoms with van der Waals surface area (Å²) in [6.45, 7) is 5.87. The van der Waals surface area contributed by atoms with E-state index in [4.69, 9.17) is 0 Å². The zero-order chi connectivity index (χ0) is 21.0. The van der Waals surface area contributed by atoms with Crippen molar-refractivity contribution in [3.63, 3.8) is 0 Å². The van der Waals surface area contributed by atoms with Crippen molar-refractivity contribution < 1.29 is 4.79 Å². The Morgan fingerprint density at radius 3 is 2.90 bits per heavy atom. The number of likely N-dealkylation sites (tertiary alicyclic amines) is 1. The summed E-state index contributed by atoms with van der Waals surface area (Å²) >= 11 is 0. The van der Waals surface area contributed by atoms with E-state index in [1.165, 1.54) is 22.0 Å². The second-order valence-electron chi connectivity index (χ2n) is 9.40. The Kier molecular flexibility index (Phi) is 4.69. The topological polar surface area (TPSA) is 46.3 Å². The number of amides is 1. The van der Waals surface area contributed by atoms with Gasteiger partial charge < -0.3 is 18.9 Å². The van der Waals surface area contributed by atoms with Gasteiger partial charge in [0.1, 0.15) is 0 Å². The average Bonchev–Trinajstić information content (AvgIpc) is 3.37. The SMILES string of the molecule is CC(C)n1cc2c3c(cccc31)[C@H]1C[C@@H](C(=O)N(C)Cn3ccnc3)CN(C)[C@@H]1C2. The molecule has 3 atom stereocenters. The highest BCUT2D eigenvalue weighted by atomic mass is 16.2. The summed E-state index contributed by atoms with van der Waals surface area (Å²) in [6, 6.07) is 7.65. The molecule has 1 aromatic carbocycles. The van der Waals surface area contributed by atoms with Gasteiger partial charge >= 0.3 is 0 Å². The standard InChI is InChI=1S/C24H31N5O/c1-16(2)29-13-17-11-22-20(19-6-5-7-21(29)23(17)19)10-18(12-26(22)3)24(30)27(4)15-28-9-8-25-14-28/h5-9,13-14,16,18,20,22H,10-12,15H2,1-4H3/t18-,20-,22-/m1/s1. The molecule has 1 saturated heterocycles. The van der Waals surface area contributed by atoms with Crippen LogP contribution in [0.1, 0.15) is 43.4 Å². The molecule has 1 amide bonds. The Balaban J connectivity index is 1.45. The van der Waals surface area contributed by atoms with Gasteiger partial charge in [-0.25, -0.2) is 4.98 Å². The molecule has 158 valence electrons. The molecule has 2 aromatic heterocycles. The molecule has 2 aliphatic rings. The fraction of sp³-hybridized carbons (Fsp3) is 0.500. The molecule has 0 radical (unpaired) electrons. The third kappa shape index (κ3) is 3.05. The molecule has 3 heterocycles. The number of aromatic nitrogens is 3. The molecule has 1 fully saturated rings. The minimum Gasteiger partial charge on any atom is -0.345 e. The molecule has 6 nitrogen and oxygen atoms in total. The van der Waals surface area contributed by atoms with Crippen LogP contribution in [-0.4, -0.2) is 56.5 Å². The van der Waals surface area contributed by atoms with E-state index in [0.29, 0.717) is 24.7 Å². The summed E-state index contributed by atoms with van der Waals surface area (Å²) in [7, 11) is 4.09. The quantitative estimate of drug-likeness (QED) is 0.667. The molecule has 0 bridgehead atoms. The summed E-state index contributed by atoms with van der Waals surface area (Å²) in [5, 5.41) is 1.43. The highest BCUT2D eigenvalue weighted by Gasteiger charge is 2.42. The number of likely N-dealkylation sites (N-methyl/N-ethyl adjacent to an activating group) is 1. The lowest BCUT2D eigenvalue weighted by Crippen LogP contribution is -2.51. The molecule has 0 spiro atoms. The first kappa shape index (κ1) is 19.4. The number of piperidine rings is 1. The minimum absolute atomic E-state index is 0.0220. The van der Waals surface area contributed by atoms with Crippen LogP contribution in [0.3, 0.4) is 0 Å². The molecule has 5 rings (SSSR count). The van der Waals surface area contributed by atoms with Gasteiger partial charge in [0.2, 0.25) is 5.91 Å². The maximum absolute atomic E-state index is 13.3. The fourth-order valence-corrected chi connectivity index (χ4v) is 5.68. The highest BCUT2D eigenvalue weighted by molar-refractivity contribution is 5.89. The van der Waals surface area contributed by atoms with E-state index in [2.05, 4.69) is 59.7 Å². The van der Waals surface area contributed by atoms with Gasteiger partial charge in [0.15, 0.2) is 0 Å². The summed E-state index contributed by atoms with van der Waals surface area (Å²) in [6.07, 6.45) is 9.76. The van der Waals surface area contributed by atoms with Gasteiger partial charge in [-0.3, -0.25) is 4.79 Å². The Hall–Kier alpha value is -2.60. The Morgan fingerprint density at radius 1 is 1.33 bits per heavy atom. The van der Waals surface area contributed by atoms with Crippen LogP contribution in [0.4, 0.5) is 0 Å². The van der Waals surface area contributed by atoms with E-state index in [9.17, 15) is 4.79 Å². The molecule has 3 aromatic rings. The van der Waals surface area contributed by atoms with Gasteiger partial charge in [-0.15, -0.1) is 0 Å². The van der Waals surface area contributed by atoms with Crippen molar-refractivity contribution >= 4 is 16.8 Å². The van der Waals surface area contributed by atoms with Crippen molar-refractivity contribution in [3.05, 3.63) is 54.2 Å². The first-order valence-electron chi connectivity index (χ1n) is 11.0. The van der Waals surface area contributed by atoms with E-state index in [1.54, 1.807) is 12.5 Å². The van der Waals surface area contributed by atoms with E-state index < -0.39 is 0 Å². The largest absolute Gasteiger partial charge is 0.345 e. The van der Waals surface area contributed by atoms with Crippen LogP contribution in [0.25, 0.3) is 10.9 Å². The molecule has 1 aliphatic heterocycles. The molecular weight excluding hydrogens is 374 g/mol. The molecule has 0 N–H and O–H groups in total. The lowest BCUT2D eigenvalue weighted by atomic mass is 9.72. The number of rotatable bonds is 4. The molecule has 0 unspecified atom stereocenters. The zero-order valence-corrected chi connectivity index (χ0v) is 18.3. The number of imidazole rings is 1. The second-order valence-corrected chi connectivity index (χ2v) is 9.40. The minimum atomic E-state index is 0.0220. The van der Waals surface area contributed by atoms with Gasteiger partial charge in [0, 0.05) is 61.1 Å². The van der Waals surface area contributed by atoms with Gasteiger partial charge in [0.25, 0.3) is 0 Å². The van der Waals surface area contributed by atoms with Crippen molar-refractivity contribution in [3.8, 4) is 0 Å².